The molecule has 218 valence electrons. The van der Waals surface area contributed by atoms with E-state index in [0.717, 1.165) is 41.5 Å². The van der Waals surface area contributed by atoms with Crippen LogP contribution in [0.15, 0.2) is 66.7 Å². The van der Waals surface area contributed by atoms with Crippen molar-refractivity contribution >= 4 is 23.6 Å². The third-order valence-electron chi connectivity index (χ3n) is 8.06. The lowest BCUT2D eigenvalue weighted by Gasteiger charge is -2.44. The summed E-state index contributed by atoms with van der Waals surface area (Å²) in [5.41, 5.74) is 3.59. The van der Waals surface area contributed by atoms with E-state index in [4.69, 9.17) is 16.3 Å². The van der Waals surface area contributed by atoms with Crippen molar-refractivity contribution in [1.29, 1.82) is 0 Å². The molecular formula is C33H39ClN2O5. The molecule has 1 saturated heterocycles. The number of hydrogen-bond acceptors (Lipinski definition) is 5. The third-order valence-corrected chi connectivity index (χ3v) is 8.38. The Morgan fingerprint density at radius 3 is 2.56 bits per heavy atom. The summed E-state index contributed by atoms with van der Waals surface area (Å²) in [4.78, 5) is 27.0. The summed E-state index contributed by atoms with van der Waals surface area (Å²) in [7, 11) is 1.32. The van der Waals surface area contributed by atoms with Gasteiger partial charge in [0.1, 0.15) is 0 Å². The van der Waals surface area contributed by atoms with E-state index in [-0.39, 0.29) is 18.4 Å². The van der Waals surface area contributed by atoms with Crippen molar-refractivity contribution in [2.24, 2.45) is 5.92 Å². The largest absolute Gasteiger partial charge is 0.453 e. The number of carbonyl (C=O) groups excluding carboxylic acids is 2. The Morgan fingerprint density at radius 2 is 1.85 bits per heavy atom. The Kier molecular flexibility index (Phi) is 10.4. The van der Waals surface area contributed by atoms with Gasteiger partial charge in [-0.15, -0.1) is 0 Å². The molecule has 3 N–H and O–H groups in total. The van der Waals surface area contributed by atoms with Crippen molar-refractivity contribution in [3.63, 3.8) is 0 Å². The Hall–Kier alpha value is -3.39. The molecule has 1 aliphatic rings. The van der Waals surface area contributed by atoms with E-state index >= 15 is 0 Å². The van der Waals surface area contributed by atoms with Crippen LogP contribution in [0.4, 0.5) is 4.79 Å². The fourth-order valence-electron chi connectivity index (χ4n) is 5.79. The van der Waals surface area contributed by atoms with Crippen LogP contribution in [0.1, 0.15) is 59.7 Å². The van der Waals surface area contributed by atoms with E-state index in [0.29, 0.717) is 43.1 Å². The highest BCUT2D eigenvalue weighted by Gasteiger charge is 2.43. The number of hydrogen-bond donors (Lipinski definition) is 3. The van der Waals surface area contributed by atoms with Crippen molar-refractivity contribution < 1.29 is 24.5 Å². The van der Waals surface area contributed by atoms with Gasteiger partial charge in [0.15, 0.2) is 0 Å². The minimum Gasteiger partial charge on any atom is -0.453 e. The van der Waals surface area contributed by atoms with Gasteiger partial charge in [0.25, 0.3) is 5.91 Å². The molecule has 0 radical (unpaired) electrons. The molecule has 3 aromatic rings. The molecule has 1 aliphatic heterocycles. The normalized spacial score (nSPS) is 16.6. The first-order valence-corrected chi connectivity index (χ1v) is 14.6. The van der Waals surface area contributed by atoms with E-state index in [1.54, 1.807) is 24.3 Å². The Balaban J connectivity index is 1.70. The van der Waals surface area contributed by atoms with Crippen LogP contribution in [-0.2, 0) is 23.4 Å². The van der Waals surface area contributed by atoms with Crippen LogP contribution in [-0.4, -0.2) is 53.9 Å². The third kappa shape index (κ3) is 7.10. The SMILES string of the molecule is CCc1cccc(-c2c(Cl)cccc2C(O)(CCCNC(=O)OC)C2CCCN(C(=O)c3ccc(CO)cc3)C2)c1. The molecular weight excluding hydrogens is 540 g/mol. The molecule has 2 atom stereocenters. The van der Waals surface area contributed by atoms with Crippen molar-refractivity contribution in [1.82, 2.24) is 10.2 Å². The Bertz CT molecular complexity index is 1350. The minimum absolute atomic E-state index is 0.0821. The van der Waals surface area contributed by atoms with Gasteiger partial charge in [-0.25, -0.2) is 4.79 Å². The molecule has 4 rings (SSSR count). The van der Waals surface area contributed by atoms with Gasteiger partial charge >= 0.3 is 6.09 Å². The number of aliphatic hydroxyl groups excluding tert-OH is 1. The van der Waals surface area contributed by atoms with Crippen LogP contribution < -0.4 is 5.32 Å². The predicted octanol–water partition coefficient (Wildman–Crippen LogP) is 5.94. The van der Waals surface area contributed by atoms with Gasteiger partial charge in [-0.1, -0.05) is 67.1 Å². The number of likely N-dealkylation sites (tertiary alicyclic amines) is 1. The first-order chi connectivity index (χ1) is 19.8. The molecule has 0 spiro atoms. The molecule has 7 nitrogen and oxygen atoms in total. The number of nitrogens with one attached hydrogen (secondary N) is 1. The molecule has 1 heterocycles. The average Bonchev–Trinajstić information content (AvgIpc) is 3.02. The van der Waals surface area contributed by atoms with Crippen LogP contribution in [0.25, 0.3) is 11.1 Å². The van der Waals surface area contributed by atoms with Gasteiger partial charge in [-0.05, 0) is 72.6 Å². The first-order valence-electron chi connectivity index (χ1n) is 14.2. The molecule has 41 heavy (non-hydrogen) atoms. The maximum atomic E-state index is 13.5. The number of aryl methyl sites for hydroxylation is 1. The maximum absolute atomic E-state index is 13.5. The molecule has 8 heteroatoms. The summed E-state index contributed by atoms with van der Waals surface area (Å²) >= 11 is 6.84. The predicted molar refractivity (Wildman–Crippen MR) is 161 cm³/mol. The summed E-state index contributed by atoms with van der Waals surface area (Å²) in [6.45, 7) is 3.33. The molecule has 2 amide bonds. The van der Waals surface area contributed by atoms with Gasteiger partial charge < -0.3 is 25.2 Å². The summed E-state index contributed by atoms with van der Waals surface area (Å²) in [6, 6.07) is 20.8. The standard InChI is InChI=1S/C33H39ClN2O5/c1-3-23-8-4-9-26(20-23)30-28(11-5-12-29(30)34)33(40,17-7-18-35-32(39)41-2)27-10-6-19-36(21-27)31(38)25-15-13-24(22-37)14-16-25/h4-5,8-9,11-16,20,27,37,40H,3,6-7,10,17-19,21-22H2,1-2H3,(H,35,39). The second-order valence-electron chi connectivity index (χ2n) is 10.6. The molecule has 3 aromatic carbocycles. The fraction of sp³-hybridized carbons (Fsp3) is 0.394. The summed E-state index contributed by atoms with van der Waals surface area (Å²) < 4.78 is 4.71. The van der Waals surface area contributed by atoms with Gasteiger partial charge in [0.2, 0.25) is 0 Å². The van der Waals surface area contributed by atoms with Crippen molar-refractivity contribution in [3.05, 3.63) is 94.0 Å². The second kappa shape index (κ2) is 14.0. The molecule has 1 fully saturated rings. The fourth-order valence-corrected chi connectivity index (χ4v) is 6.07. The number of benzene rings is 3. The second-order valence-corrected chi connectivity index (χ2v) is 11.0. The number of halogens is 1. The zero-order chi connectivity index (χ0) is 29.4. The minimum atomic E-state index is -1.32. The topological polar surface area (TPSA) is 99.1 Å². The lowest BCUT2D eigenvalue weighted by Crippen LogP contribution is -2.48. The summed E-state index contributed by atoms with van der Waals surface area (Å²) in [6.07, 6.45) is 2.69. The summed E-state index contributed by atoms with van der Waals surface area (Å²) in [5, 5.41) is 25.3. The highest BCUT2D eigenvalue weighted by molar-refractivity contribution is 6.33. The Morgan fingerprint density at radius 1 is 1.10 bits per heavy atom. The zero-order valence-electron chi connectivity index (χ0n) is 23.7. The molecule has 2 unspecified atom stereocenters. The quantitative estimate of drug-likeness (QED) is 0.259. The number of rotatable bonds is 10. The van der Waals surface area contributed by atoms with Gasteiger partial charge in [-0.2, -0.15) is 0 Å². The van der Waals surface area contributed by atoms with E-state index < -0.39 is 11.7 Å². The number of aliphatic hydroxyl groups is 2. The average molecular weight is 579 g/mol. The number of piperidine rings is 1. The first kappa shape index (κ1) is 30.6. The molecule has 0 aromatic heterocycles. The Labute approximate surface area is 247 Å². The smallest absolute Gasteiger partial charge is 0.406 e. The molecule has 0 aliphatic carbocycles. The maximum Gasteiger partial charge on any atom is 0.406 e. The van der Waals surface area contributed by atoms with Crippen LogP contribution in [0.5, 0.6) is 0 Å². The van der Waals surface area contributed by atoms with E-state index in [1.165, 1.54) is 12.7 Å². The van der Waals surface area contributed by atoms with E-state index in [9.17, 15) is 19.8 Å². The van der Waals surface area contributed by atoms with Gasteiger partial charge in [-0.3, -0.25) is 4.79 Å². The lowest BCUT2D eigenvalue weighted by molar-refractivity contribution is -0.0563. The lowest BCUT2D eigenvalue weighted by atomic mass is 9.72. The van der Waals surface area contributed by atoms with Crippen molar-refractivity contribution in [2.75, 3.05) is 26.7 Å². The van der Waals surface area contributed by atoms with Crippen LogP contribution in [0.3, 0.4) is 0 Å². The van der Waals surface area contributed by atoms with Gasteiger partial charge in [0, 0.05) is 41.7 Å². The number of nitrogens with zero attached hydrogens (tertiary/aromatic N) is 1. The van der Waals surface area contributed by atoms with Crippen LogP contribution >= 0.6 is 11.6 Å². The monoisotopic (exact) mass is 578 g/mol. The van der Waals surface area contributed by atoms with E-state index in [1.807, 2.05) is 35.2 Å². The van der Waals surface area contributed by atoms with Crippen molar-refractivity contribution in [2.45, 2.75) is 51.2 Å². The zero-order valence-corrected chi connectivity index (χ0v) is 24.5. The highest BCUT2D eigenvalue weighted by Crippen LogP contribution is 2.45. The van der Waals surface area contributed by atoms with Gasteiger partial charge in [0.05, 0.1) is 19.3 Å². The number of amides is 2. The number of methoxy groups -OCH3 is 1. The van der Waals surface area contributed by atoms with E-state index in [2.05, 4.69) is 24.4 Å². The molecule has 0 bridgehead atoms. The molecule has 0 saturated carbocycles. The highest BCUT2D eigenvalue weighted by atomic mass is 35.5. The number of ether oxygens (including phenoxy) is 1. The number of carbonyl (C=O) groups is 2. The summed E-state index contributed by atoms with van der Waals surface area (Å²) in [5.74, 6) is -0.363. The van der Waals surface area contributed by atoms with Crippen molar-refractivity contribution in [3.8, 4) is 11.1 Å². The number of alkyl carbamates (subject to hydrolysis) is 1. The van der Waals surface area contributed by atoms with Crippen LogP contribution in [0, 0.1) is 5.92 Å². The van der Waals surface area contributed by atoms with Crippen LogP contribution in [0.2, 0.25) is 5.02 Å².